The van der Waals surface area contributed by atoms with Crippen molar-refractivity contribution in [3.8, 4) is 22.6 Å². The second-order valence-electron chi connectivity index (χ2n) is 10.6. The Balaban J connectivity index is 1.15. The molecule has 2 N–H and O–H groups in total. The number of carbonyl (C=O) groups is 1. The van der Waals surface area contributed by atoms with Crippen LogP contribution >= 0.6 is 0 Å². The molecule has 10 nitrogen and oxygen atoms in total. The molecule has 2 saturated heterocycles. The number of nitrogens with one attached hydrogen (secondary N) is 2. The Morgan fingerprint density at radius 3 is 2.48 bits per heavy atom. The third-order valence-electron chi connectivity index (χ3n) is 7.56. The molecule has 4 aromatic rings. The smallest absolute Gasteiger partial charge is 0.228 e. The van der Waals surface area contributed by atoms with Crippen LogP contribution in [0, 0.1) is 11.7 Å². The maximum Gasteiger partial charge on any atom is 0.228 e. The van der Waals surface area contributed by atoms with Crippen LogP contribution in [0.5, 0.6) is 0 Å². The van der Waals surface area contributed by atoms with Crippen molar-refractivity contribution in [3.63, 3.8) is 0 Å². The number of nitrogens with zero attached hydrogens (tertiary/aromatic N) is 5. The van der Waals surface area contributed by atoms with Crippen molar-refractivity contribution in [2.45, 2.75) is 19.3 Å². The third-order valence-corrected chi connectivity index (χ3v) is 7.56. The largest absolute Gasteiger partial charge is 0.352 e. The number of imidazole rings is 1. The molecule has 2 aromatic carbocycles. The number of halogens is 1. The van der Waals surface area contributed by atoms with Crippen molar-refractivity contribution in [1.82, 2.24) is 30.2 Å². The molecule has 2 aromatic heterocycles. The molecule has 0 spiro atoms. The lowest BCUT2D eigenvalue weighted by atomic mass is 10.1. The molecule has 1 amide bonds. The van der Waals surface area contributed by atoms with Gasteiger partial charge in [0, 0.05) is 44.5 Å². The number of hydrogen-bond acceptors (Lipinski definition) is 8. The van der Waals surface area contributed by atoms with Gasteiger partial charge in [0.15, 0.2) is 6.29 Å². The van der Waals surface area contributed by atoms with Gasteiger partial charge in [0.1, 0.15) is 11.6 Å². The van der Waals surface area contributed by atoms with Crippen molar-refractivity contribution >= 4 is 11.9 Å². The van der Waals surface area contributed by atoms with Crippen LogP contribution in [0.4, 0.5) is 10.3 Å². The van der Waals surface area contributed by atoms with E-state index in [1.54, 1.807) is 18.3 Å². The summed E-state index contributed by atoms with van der Waals surface area (Å²) in [5, 5.41) is 2.95. The summed E-state index contributed by atoms with van der Waals surface area (Å²) in [7, 11) is 2.11. The molecule has 218 valence electrons. The van der Waals surface area contributed by atoms with Gasteiger partial charge in [-0.3, -0.25) is 4.79 Å². The number of aromatic amines is 1. The van der Waals surface area contributed by atoms with E-state index >= 15 is 0 Å². The number of rotatable bonds is 8. The summed E-state index contributed by atoms with van der Waals surface area (Å²) in [5.74, 6) is 0.497. The van der Waals surface area contributed by atoms with Crippen LogP contribution in [0.2, 0.25) is 0 Å². The highest BCUT2D eigenvalue weighted by Crippen LogP contribution is 2.31. The Labute approximate surface area is 243 Å². The van der Waals surface area contributed by atoms with Gasteiger partial charge < -0.3 is 29.6 Å². The zero-order valence-corrected chi connectivity index (χ0v) is 23.5. The van der Waals surface area contributed by atoms with E-state index in [9.17, 15) is 9.18 Å². The number of benzene rings is 2. The summed E-state index contributed by atoms with van der Waals surface area (Å²) >= 11 is 0. The van der Waals surface area contributed by atoms with Crippen LogP contribution in [0.3, 0.4) is 0 Å². The van der Waals surface area contributed by atoms with Gasteiger partial charge in [-0.25, -0.2) is 19.3 Å². The maximum absolute atomic E-state index is 13.7. The van der Waals surface area contributed by atoms with Gasteiger partial charge in [0.25, 0.3) is 0 Å². The fourth-order valence-electron chi connectivity index (χ4n) is 5.07. The van der Waals surface area contributed by atoms with Crippen LogP contribution in [-0.2, 0) is 27.2 Å². The Kier molecular flexibility index (Phi) is 8.50. The number of amides is 1. The van der Waals surface area contributed by atoms with Gasteiger partial charge in [-0.1, -0.05) is 30.3 Å². The number of H-pyrrole nitrogens is 1. The van der Waals surface area contributed by atoms with E-state index in [1.165, 1.54) is 12.1 Å². The van der Waals surface area contributed by atoms with Crippen LogP contribution in [0.25, 0.3) is 22.6 Å². The molecule has 0 atom stereocenters. The van der Waals surface area contributed by atoms with E-state index in [1.807, 2.05) is 36.4 Å². The lowest BCUT2D eigenvalue weighted by molar-refractivity contribution is -0.201. The second kappa shape index (κ2) is 12.8. The van der Waals surface area contributed by atoms with E-state index in [0.29, 0.717) is 41.8 Å². The first-order chi connectivity index (χ1) is 20.5. The molecule has 11 heteroatoms. The molecular formula is C31H34FN7O3. The number of ether oxygens (including phenoxy) is 2. The summed E-state index contributed by atoms with van der Waals surface area (Å²) < 4.78 is 25.6. The molecule has 42 heavy (non-hydrogen) atoms. The fourth-order valence-corrected chi connectivity index (χ4v) is 5.07. The highest BCUT2D eigenvalue weighted by Gasteiger charge is 2.29. The molecule has 2 fully saturated rings. The summed E-state index contributed by atoms with van der Waals surface area (Å²) in [4.78, 5) is 34.7. The van der Waals surface area contributed by atoms with Gasteiger partial charge in [-0.05, 0) is 42.9 Å². The molecule has 0 saturated carbocycles. The molecule has 0 bridgehead atoms. The third kappa shape index (κ3) is 6.64. The van der Waals surface area contributed by atoms with E-state index in [0.717, 1.165) is 37.3 Å². The molecule has 0 radical (unpaired) electrons. The minimum atomic E-state index is -0.561. The van der Waals surface area contributed by atoms with Crippen molar-refractivity contribution in [1.29, 1.82) is 0 Å². The highest BCUT2D eigenvalue weighted by atomic mass is 19.1. The number of anilines is 1. The predicted molar refractivity (Wildman–Crippen MR) is 156 cm³/mol. The fraction of sp³-hybridized carbons (Fsp3) is 0.355. The van der Waals surface area contributed by atoms with E-state index in [2.05, 4.69) is 32.1 Å². The zero-order valence-electron chi connectivity index (χ0n) is 23.5. The van der Waals surface area contributed by atoms with Crippen molar-refractivity contribution < 1.29 is 18.7 Å². The maximum atomic E-state index is 13.7. The van der Waals surface area contributed by atoms with Crippen LogP contribution in [0.15, 0.2) is 66.9 Å². The standard InChI is InChI=1S/C31H34FN7O3/c1-38-13-15-39(16-14-38)31-33-12-11-25(35-31)29-28(22-7-9-24(32)10-8-22)36-26(37-29)17-27-41-19-23(20-42-27)30(40)34-18-21-5-3-2-4-6-21/h2-12,23,27H,13-20H2,1H3,(H,34,40)(H,36,37). The van der Waals surface area contributed by atoms with E-state index in [4.69, 9.17) is 19.4 Å². The highest BCUT2D eigenvalue weighted by molar-refractivity contribution is 5.79. The van der Waals surface area contributed by atoms with E-state index in [-0.39, 0.29) is 30.9 Å². The number of hydrogen-bond donors (Lipinski definition) is 2. The molecule has 0 unspecified atom stereocenters. The SMILES string of the molecule is CN1CCN(c2nccc(-c3[nH]c(CC4OCC(C(=O)NCc5ccccc5)CO4)nc3-c3ccc(F)cc3)n2)CC1. The molecule has 0 aliphatic carbocycles. The number of aromatic nitrogens is 4. The first-order valence-corrected chi connectivity index (χ1v) is 14.2. The van der Waals surface area contributed by atoms with Gasteiger partial charge in [-0.2, -0.15) is 0 Å². The number of likely N-dealkylation sites (N-methyl/N-ethyl adjacent to an activating group) is 1. The number of piperazine rings is 1. The normalized spacial score (nSPS) is 19.5. The second-order valence-corrected chi connectivity index (χ2v) is 10.6. The minimum absolute atomic E-state index is 0.101. The molecule has 2 aliphatic heterocycles. The topological polar surface area (TPSA) is 108 Å². The summed E-state index contributed by atoms with van der Waals surface area (Å²) in [6, 6.07) is 17.8. The van der Waals surface area contributed by atoms with Crippen LogP contribution in [0.1, 0.15) is 11.4 Å². The van der Waals surface area contributed by atoms with Crippen LogP contribution < -0.4 is 10.2 Å². The van der Waals surface area contributed by atoms with E-state index < -0.39 is 6.29 Å². The summed E-state index contributed by atoms with van der Waals surface area (Å²) in [5.41, 5.74) is 3.85. The van der Waals surface area contributed by atoms with Crippen molar-refractivity contribution in [3.05, 3.63) is 84.1 Å². The Bertz CT molecular complexity index is 1480. The van der Waals surface area contributed by atoms with Crippen LogP contribution in [-0.4, -0.2) is 83.5 Å². The quantitative estimate of drug-likeness (QED) is 0.332. The molecule has 6 rings (SSSR count). The Morgan fingerprint density at radius 1 is 1.00 bits per heavy atom. The first kappa shape index (κ1) is 28.0. The lowest BCUT2D eigenvalue weighted by Gasteiger charge is -2.32. The van der Waals surface area contributed by atoms with Gasteiger partial charge in [0.2, 0.25) is 11.9 Å². The Hall–Kier alpha value is -4.19. The first-order valence-electron chi connectivity index (χ1n) is 14.2. The lowest BCUT2D eigenvalue weighted by Crippen LogP contribution is -2.45. The summed E-state index contributed by atoms with van der Waals surface area (Å²) in [6.45, 7) is 4.55. The molecule has 4 heterocycles. The Morgan fingerprint density at radius 2 is 1.74 bits per heavy atom. The van der Waals surface area contributed by atoms with Gasteiger partial charge in [-0.15, -0.1) is 0 Å². The average Bonchev–Trinajstić information content (AvgIpc) is 3.45. The molecular weight excluding hydrogens is 537 g/mol. The summed E-state index contributed by atoms with van der Waals surface area (Å²) in [6.07, 6.45) is 1.54. The predicted octanol–water partition coefficient (Wildman–Crippen LogP) is 3.27. The van der Waals surface area contributed by atoms with Gasteiger partial charge in [0.05, 0.1) is 42.6 Å². The minimum Gasteiger partial charge on any atom is -0.352 e. The molecule has 2 aliphatic rings. The average molecular weight is 572 g/mol. The van der Waals surface area contributed by atoms with Gasteiger partial charge >= 0.3 is 0 Å². The van der Waals surface area contributed by atoms with Crippen molar-refractivity contribution in [2.75, 3.05) is 51.3 Å². The van der Waals surface area contributed by atoms with Crippen molar-refractivity contribution in [2.24, 2.45) is 5.92 Å². The number of carbonyl (C=O) groups excluding carboxylic acids is 1. The zero-order chi connectivity index (χ0) is 28.9. The monoisotopic (exact) mass is 571 g/mol.